The SMILES string of the molecule is COc1ccc(N(c2ccc(OC)cc2)c2nc(N)c3[nH]ccc3n2)cc1. The second-order valence-corrected chi connectivity index (χ2v) is 5.88. The zero-order valence-electron chi connectivity index (χ0n) is 15.0. The van der Waals surface area contributed by atoms with Gasteiger partial charge in [-0.15, -0.1) is 0 Å². The number of aromatic nitrogens is 3. The van der Waals surface area contributed by atoms with Crippen molar-refractivity contribution in [2.45, 2.75) is 0 Å². The molecule has 0 aliphatic carbocycles. The highest BCUT2D eigenvalue weighted by atomic mass is 16.5. The molecule has 7 heteroatoms. The predicted octanol–water partition coefficient (Wildman–Crippen LogP) is 4.03. The van der Waals surface area contributed by atoms with Crippen molar-refractivity contribution in [1.29, 1.82) is 0 Å². The van der Waals surface area contributed by atoms with Crippen LogP contribution in [0.4, 0.5) is 23.1 Å². The van der Waals surface area contributed by atoms with Crippen molar-refractivity contribution in [2.75, 3.05) is 24.9 Å². The molecule has 0 aliphatic rings. The molecule has 27 heavy (non-hydrogen) atoms. The van der Waals surface area contributed by atoms with Gasteiger partial charge >= 0.3 is 0 Å². The summed E-state index contributed by atoms with van der Waals surface area (Å²) in [5, 5.41) is 0. The Kier molecular flexibility index (Phi) is 4.25. The molecule has 0 aliphatic heterocycles. The predicted molar refractivity (Wildman–Crippen MR) is 106 cm³/mol. The Morgan fingerprint density at radius 2 is 1.37 bits per heavy atom. The minimum absolute atomic E-state index is 0.395. The lowest BCUT2D eigenvalue weighted by molar-refractivity contribution is 0.415. The second kappa shape index (κ2) is 6.87. The Morgan fingerprint density at radius 1 is 0.815 bits per heavy atom. The summed E-state index contributed by atoms with van der Waals surface area (Å²) in [6, 6.07) is 17.2. The maximum absolute atomic E-state index is 6.14. The lowest BCUT2D eigenvalue weighted by Crippen LogP contribution is -2.14. The minimum Gasteiger partial charge on any atom is -0.497 e. The Balaban J connectivity index is 1.87. The monoisotopic (exact) mass is 361 g/mol. The van der Waals surface area contributed by atoms with E-state index in [0.717, 1.165) is 33.9 Å². The van der Waals surface area contributed by atoms with Crippen LogP contribution in [0.25, 0.3) is 11.0 Å². The fourth-order valence-electron chi connectivity index (χ4n) is 2.90. The van der Waals surface area contributed by atoms with Gasteiger partial charge in [-0.05, 0) is 54.6 Å². The molecule has 0 atom stereocenters. The summed E-state index contributed by atoms with van der Waals surface area (Å²) in [6.45, 7) is 0. The molecule has 3 N–H and O–H groups in total. The number of fused-ring (bicyclic) bond motifs is 1. The molecule has 0 unspecified atom stereocenters. The van der Waals surface area contributed by atoms with Crippen molar-refractivity contribution in [3.05, 3.63) is 60.8 Å². The molecule has 0 saturated heterocycles. The first kappa shape index (κ1) is 16.7. The molecular weight excluding hydrogens is 342 g/mol. The van der Waals surface area contributed by atoms with Crippen LogP contribution in [-0.4, -0.2) is 29.2 Å². The largest absolute Gasteiger partial charge is 0.497 e. The number of hydrogen-bond acceptors (Lipinski definition) is 6. The Hall–Kier alpha value is -3.74. The molecule has 4 rings (SSSR count). The Bertz CT molecular complexity index is 1010. The average molecular weight is 361 g/mol. The minimum atomic E-state index is 0.395. The first-order valence-corrected chi connectivity index (χ1v) is 8.38. The van der Waals surface area contributed by atoms with E-state index in [1.54, 1.807) is 20.4 Å². The molecule has 7 nitrogen and oxygen atoms in total. The number of H-pyrrole nitrogens is 1. The van der Waals surface area contributed by atoms with Crippen molar-refractivity contribution < 1.29 is 9.47 Å². The number of ether oxygens (including phenoxy) is 2. The third kappa shape index (κ3) is 3.10. The van der Waals surface area contributed by atoms with E-state index in [1.165, 1.54) is 0 Å². The van der Waals surface area contributed by atoms with E-state index in [2.05, 4.69) is 15.0 Å². The number of rotatable bonds is 5. The van der Waals surface area contributed by atoms with E-state index in [-0.39, 0.29) is 0 Å². The number of methoxy groups -OCH3 is 2. The van der Waals surface area contributed by atoms with E-state index in [4.69, 9.17) is 15.2 Å². The number of nitrogens with zero attached hydrogens (tertiary/aromatic N) is 3. The molecular formula is C20H19N5O2. The summed E-state index contributed by atoms with van der Waals surface area (Å²) in [5.74, 6) is 2.42. The zero-order chi connectivity index (χ0) is 18.8. The van der Waals surface area contributed by atoms with Crippen molar-refractivity contribution in [1.82, 2.24) is 15.0 Å². The highest BCUT2D eigenvalue weighted by molar-refractivity contribution is 5.87. The zero-order valence-corrected chi connectivity index (χ0v) is 15.0. The Morgan fingerprint density at radius 3 is 1.89 bits per heavy atom. The van der Waals surface area contributed by atoms with Gasteiger partial charge in [0.05, 0.1) is 19.7 Å². The van der Waals surface area contributed by atoms with Gasteiger partial charge in [-0.2, -0.15) is 4.98 Å². The van der Waals surface area contributed by atoms with Gasteiger partial charge in [0.2, 0.25) is 5.95 Å². The number of nitrogens with one attached hydrogen (secondary N) is 1. The van der Waals surface area contributed by atoms with Gasteiger partial charge in [-0.1, -0.05) is 0 Å². The standard InChI is InChI=1S/C20H19N5O2/c1-26-15-7-3-13(4-8-15)25(14-5-9-16(27-2)10-6-14)20-23-17-11-12-22-18(17)19(21)24-20/h3-12,22H,1-2H3,(H2,21,23,24). The fourth-order valence-corrected chi connectivity index (χ4v) is 2.90. The maximum Gasteiger partial charge on any atom is 0.237 e. The summed E-state index contributed by atoms with van der Waals surface area (Å²) in [5.41, 5.74) is 9.39. The lowest BCUT2D eigenvalue weighted by atomic mass is 10.2. The first-order valence-electron chi connectivity index (χ1n) is 8.38. The number of hydrogen-bond donors (Lipinski definition) is 2. The van der Waals surface area contributed by atoms with Crippen LogP contribution in [0.5, 0.6) is 11.5 Å². The number of nitrogens with two attached hydrogens (primary N) is 1. The van der Waals surface area contributed by atoms with Crippen LogP contribution in [0.3, 0.4) is 0 Å². The number of benzene rings is 2. The van der Waals surface area contributed by atoms with Crippen LogP contribution in [0.1, 0.15) is 0 Å². The number of anilines is 4. The number of aromatic amines is 1. The normalized spacial score (nSPS) is 10.7. The van der Waals surface area contributed by atoms with Crippen LogP contribution in [-0.2, 0) is 0 Å². The molecule has 0 radical (unpaired) electrons. The van der Waals surface area contributed by atoms with Gasteiger partial charge in [0, 0.05) is 17.6 Å². The maximum atomic E-state index is 6.14. The van der Waals surface area contributed by atoms with Crippen LogP contribution in [0, 0.1) is 0 Å². The third-order valence-corrected chi connectivity index (χ3v) is 4.28. The third-order valence-electron chi connectivity index (χ3n) is 4.28. The molecule has 4 aromatic rings. The molecule has 0 bridgehead atoms. The van der Waals surface area contributed by atoms with Crippen LogP contribution >= 0.6 is 0 Å². The quantitative estimate of drug-likeness (QED) is 0.558. The number of nitrogen functional groups attached to an aromatic ring is 1. The van der Waals surface area contributed by atoms with Gasteiger partial charge in [0.1, 0.15) is 17.0 Å². The van der Waals surface area contributed by atoms with Crippen molar-refractivity contribution in [2.24, 2.45) is 0 Å². The molecule has 2 heterocycles. The Labute approximate surface area is 156 Å². The summed E-state index contributed by atoms with van der Waals surface area (Å²) >= 11 is 0. The van der Waals surface area contributed by atoms with Gasteiger partial charge < -0.3 is 20.2 Å². The van der Waals surface area contributed by atoms with Crippen molar-refractivity contribution in [3.63, 3.8) is 0 Å². The highest BCUT2D eigenvalue weighted by Crippen LogP contribution is 2.35. The molecule has 136 valence electrons. The van der Waals surface area contributed by atoms with Crippen molar-refractivity contribution >= 4 is 34.2 Å². The smallest absolute Gasteiger partial charge is 0.237 e. The van der Waals surface area contributed by atoms with Gasteiger partial charge in [0.25, 0.3) is 0 Å². The first-order chi connectivity index (χ1) is 13.2. The second-order valence-electron chi connectivity index (χ2n) is 5.88. The summed E-state index contributed by atoms with van der Waals surface area (Å²) in [6.07, 6.45) is 1.80. The molecule has 0 spiro atoms. The lowest BCUT2D eigenvalue weighted by Gasteiger charge is -2.23. The summed E-state index contributed by atoms with van der Waals surface area (Å²) < 4.78 is 10.5. The van der Waals surface area contributed by atoms with Gasteiger partial charge in [-0.3, -0.25) is 4.90 Å². The fraction of sp³-hybridized carbons (Fsp3) is 0.100. The van der Waals surface area contributed by atoms with Crippen LogP contribution in [0.2, 0.25) is 0 Å². The highest BCUT2D eigenvalue weighted by Gasteiger charge is 2.18. The van der Waals surface area contributed by atoms with E-state index in [1.807, 2.05) is 59.5 Å². The molecule has 0 amide bonds. The summed E-state index contributed by atoms with van der Waals surface area (Å²) in [7, 11) is 3.28. The average Bonchev–Trinajstić information content (AvgIpc) is 3.19. The van der Waals surface area contributed by atoms with E-state index < -0.39 is 0 Å². The van der Waals surface area contributed by atoms with Crippen LogP contribution in [0.15, 0.2) is 60.8 Å². The van der Waals surface area contributed by atoms with E-state index in [0.29, 0.717) is 11.8 Å². The van der Waals surface area contributed by atoms with Crippen LogP contribution < -0.4 is 20.1 Å². The topological polar surface area (TPSA) is 89.3 Å². The van der Waals surface area contributed by atoms with E-state index >= 15 is 0 Å². The molecule has 2 aromatic heterocycles. The molecule has 2 aromatic carbocycles. The van der Waals surface area contributed by atoms with E-state index in [9.17, 15) is 0 Å². The van der Waals surface area contributed by atoms with Crippen molar-refractivity contribution in [3.8, 4) is 11.5 Å². The molecule has 0 fully saturated rings. The van der Waals surface area contributed by atoms with Gasteiger partial charge in [0.15, 0.2) is 5.82 Å². The van der Waals surface area contributed by atoms with Gasteiger partial charge in [-0.25, -0.2) is 4.98 Å². The summed E-state index contributed by atoms with van der Waals surface area (Å²) in [4.78, 5) is 14.2. The molecule has 0 saturated carbocycles.